The average Bonchev–Trinajstić information content (AvgIpc) is 3.15. The predicted octanol–water partition coefficient (Wildman–Crippen LogP) is 3.59. The van der Waals surface area contributed by atoms with Crippen molar-refractivity contribution in [3.63, 3.8) is 0 Å². The first-order chi connectivity index (χ1) is 13.2. The number of nitro benzene ring substituents is 1. The molecule has 0 atom stereocenters. The van der Waals surface area contributed by atoms with Crippen molar-refractivity contribution in [2.24, 2.45) is 0 Å². The molecular formula is C18H18ClN3O5S. The van der Waals surface area contributed by atoms with Crippen LogP contribution in [0.5, 0.6) is 0 Å². The summed E-state index contributed by atoms with van der Waals surface area (Å²) in [7, 11) is -4.18. The van der Waals surface area contributed by atoms with E-state index in [0.717, 1.165) is 12.8 Å². The van der Waals surface area contributed by atoms with E-state index in [1.165, 1.54) is 43.3 Å². The highest BCUT2D eigenvalue weighted by Crippen LogP contribution is 2.29. The quantitative estimate of drug-likeness (QED) is 0.583. The molecule has 2 aromatic carbocycles. The first-order valence-electron chi connectivity index (χ1n) is 8.56. The summed E-state index contributed by atoms with van der Waals surface area (Å²) in [6.45, 7) is 2.58. The average molecular weight is 424 g/mol. The van der Waals surface area contributed by atoms with E-state index in [1.54, 1.807) is 4.90 Å². The zero-order chi connectivity index (χ0) is 20.5. The summed E-state index contributed by atoms with van der Waals surface area (Å²) in [5.74, 6) is -0.289. The van der Waals surface area contributed by atoms with Crippen LogP contribution < -0.4 is 4.72 Å². The molecule has 1 aliphatic heterocycles. The van der Waals surface area contributed by atoms with Crippen molar-refractivity contribution in [3.05, 3.63) is 62.7 Å². The minimum atomic E-state index is -4.18. The summed E-state index contributed by atoms with van der Waals surface area (Å²) in [6, 6.07) is 8.15. The molecule has 1 fully saturated rings. The number of nitro groups is 1. The number of hydrogen-bond acceptors (Lipinski definition) is 5. The second kappa shape index (κ2) is 7.76. The van der Waals surface area contributed by atoms with Crippen molar-refractivity contribution in [2.45, 2.75) is 24.7 Å². The fourth-order valence-corrected chi connectivity index (χ4v) is 4.68. The molecule has 0 radical (unpaired) electrons. The molecule has 2 aromatic rings. The Morgan fingerprint density at radius 3 is 2.54 bits per heavy atom. The third-order valence-electron chi connectivity index (χ3n) is 4.59. The molecule has 0 unspecified atom stereocenters. The van der Waals surface area contributed by atoms with E-state index < -0.39 is 14.9 Å². The van der Waals surface area contributed by atoms with Crippen LogP contribution in [0.3, 0.4) is 0 Å². The van der Waals surface area contributed by atoms with Crippen LogP contribution in [0.2, 0.25) is 5.02 Å². The summed E-state index contributed by atoms with van der Waals surface area (Å²) in [5.41, 5.74) is -0.0787. The van der Waals surface area contributed by atoms with Crippen LogP contribution in [0.25, 0.3) is 0 Å². The Morgan fingerprint density at radius 1 is 1.21 bits per heavy atom. The van der Waals surface area contributed by atoms with Gasteiger partial charge in [-0.05, 0) is 44.0 Å². The van der Waals surface area contributed by atoms with Gasteiger partial charge in [0.15, 0.2) is 0 Å². The summed E-state index contributed by atoms with van der Waals surface area (Å²) in [6.07, 6.45) is 1.79. The lowest BCUT2D eigenvalue weighted by Crippen LogP contribution is -2.29. The van der Waals surface area contributed by atoms with E-state index in [2.05, 4.69) is 4.72 Å². The molecule has 8 nitrogen and oxygen atoms in total. The summed E-state index contributed by atoms with van der Waals surface area (Å²) in [5, 5.41) is 11.4. The smallest absolute Gasteiger partial charge is 0.273 e. The standard InChI is InChI=1S/C18H18ClN3O5S/c1-12-16(22(24)25)5-4-6-17(12)28(26,27)20-15-11-13(19)7-8-14(15)18(23)21-9-2-3-10-21/h4-8,11,20H,2-3,9-10H2,1H3. The van der Waals surface area contributed by atoms with E-state index >= 15 is 0 Å². The first kappa shape index (κ1) is 20.1. The first-order valence-corrected chi connectivity index (χ1v) is 10.4. The van der Waals surface area contributed by atoms with E-state index in [9.17, 15) is 23.3 Å². The zero-order valence-electron chi connectivity index (χ0n) is 15.0. The van der Waals surface area contributed by atoms with Gasteiger partial charge in [0.25, 0.3) is 21.6 Å². The predicted molar refractivity (Wildman–Crippen MR) is 105 cm³/mol. The van der Waals surface area contributed by atoms with Gasteiger partial charge in [-0.25, -0.2) is 8.42 Å². The lowest BCUT2D eigenvalue weighted by Gasteiger charge is -2.19. The van der Waals surface area contributed by atoms with Gasteiger partial charge in [0.05, 0.1) is 21.1 Å². The van der Waals surface area contributed by atoms with Crippen LogP contribution in [-0.2, 0) is 10.0 Å². The molecular weight excluding hydrogens is 406 g/mol. The number of hydrogen-bond donors (Lipinski definition) is 1. The molecule has 10 heteroatoms. The number of benzene rings is 2. The number of likely N-dealkylation sites (tertiary alicyclic amines) is 1. The lowest BCUT2D eigenvalue weighted by molar-refractivity contribution is -0.385. The third kappa shape index (κ3) is 3.95. The molecule has 1 saturated heterocycles. The number of sulfonamides is 1. The van der Waals surface area contributed by atoms with Gasteiger partial charge in [-0.1, -0.05) is 17.7 Å². The van der Waals surface area contributed by atoms with Gasteiger partial charge in [-0.15, -0.1) is 0 Å². The topological polar surface area (TPSA) is 110 Å². The van der Waals surface area contributed by atoms with Crippen molar-refractivity contribution < 1.29 is 18.1 Å². The second-order valence-electron chi connectivity index (χ2n) is 6.45. The van der Waals surface area contributed by atoms with Crippen molar-refractivity contribution in [1.29, 1.82) is 0 Å². The molecule has 1 amide bonds. The number of halogens is 1. The van der Waals surface area contributed by atoms with E-state index in [4.69, 9.17) is 11.6 Å². The SMILES string of the molecule is Cc1c([N+](=O)[O-])cccc1S(=O)(=O)Nc1cc(Cl)ccc1C(=O)N1CCCC1. The molecule has 1 heterocycles. The third-order valence-corrected chi connectivity index (χ3v) is 6.34. The van der Waals surface area contributed by atoms with Crippen molar-refractivity contribution in [2.75, 3.05) is 17.8 Å². The van der Waals surface area contributed by atoms with Gasteiger partial charge < -0.3 is 4.90 Å². The molecule has 0 aromatic heterocycles. The number of amides is 1. The molecule has 0 bridgehead atoms. The fraction of sp³-hybridized carbons (Fsp3) is 0.278. The molecule has 1 N–H and O–H groups in total. The molecule has 148 valence electrons. The van der Waals surface area contributed by atoms with Gasteiger partial charge in [-0.3, -0.25) is 19.6 Å². The summed E-state index contributed by atoms with van der Waals surface area (Å²) >= 11 is 6.01. The van der Waals surface area contributed by atoms with Gasteiger partial charge in [-0.2, -0.15) is 0 Å². The molecule has 3 rings (SSSR count). The molecule has 0 aliphatic carbocycles. The summed E-state index contributed by atoms with van der Waals surface area (Å²) in [4.78, 5) is 24.7. The van der Waals surface area contributed by atoms with Crippen molar-refractivity contribution in [3.8, 4) is 0 Å². The fourth-order valence-electron chi connectivity index (χ4n) is 3.17. The molecule has 0 spiro atoms. The highest BCUT2D eigenvalue weighted by atomic mass is 35.5. The van der Waals surface area contributed by atoms with Crippen LogP contribution >= 0.6 is 11.6 Å². The van der Waals surface area contributed by atoms with Crippen molar-refractivity contribution >= 4 is 38.9 Å². The van der Waals surface area contributed by atoms with E-state index in [-0.39, 0.29) is 38.3 Å². The van der Waals surface area contributed by atoms with Crippen LogP contribution in [0.1, 0.15) is 28.8 Å². The Kier molecular flexibility index (Phi) is 5.57. The Morgan fingerprint density at radius 2 is 1.89 bits per heavy atom. The minimum absolute atomic E-state index is 0.00875. The molecule has 0 saturated carbocycles. The molecule has 28 heavy (non-hydrogen) atoms. The number of anilines is 1. The number of carbonyl (C=O) groups is 1. The Labute approximate surface area is 167 Å². The summed E-state index contributed by atoms with van der Waals surface area (Å²) < 4.78 is 28.2. The van der Waals surface area contributed by atoms with Crippen LogP contribution in [0.4, 0.5) is 11.4 Å². The Bertz CT molecular complexity index is 1050. The maximum absolute atomic E-state index is 12.9. The number of nitrogens with one attached hydrogen (secondary N) is 1. The Hall–Kier alpha value is -2.65. The highest BCUT2D eigenvalue weighted by molar-refractivity contribution is 7.92. The maximum atomic E-state index is 12.9. The van der Waals surface area contributed by atoms with E-state index in [0.29, 0.717) is 13.1 Å². The zero-order valence-corrected chi connectivity index (χ0v) is 16.6. The minimum Gasteiger partial charge on any atom is -0.339 e. The number of carbonyl (C=O) groups excluding carboxylic acids is 1. The largest absolute Gasteiger partial charge is 0.339 e. The van der Waals surface area contributed by atoms with E-state index in [1.807, 2.05) is 0 Å². The van der Waals surface area contributed by atoms with Gasteiger partial charge in [0, 0.05) is 29.7 Å². The van der Waals surface area contributed by atoms with Crippen LogP contribution in [0, 0.1) is 17.0 Å². The van der Waals surface area contributed by atoms with Crippen LogP contribution in [-0.4, -0.2) is 37.2 Å². The number of rotatable bonds is 5. The second-order valence-corrected chi connectivity index (χ2v) is 8.54. The highest BCUT2D eigenvalue weighted by Gasteiger charge is 2.27. The van der Waals surface area contributed by atoms with Crippen molar-refractivity contribution in [1.82, 2.24) is 4.90 Å². The van der Waals surface area contributed by atoms with Crippen LogP contribution in [0.15, 0.2) is 41.3 Å². The number of nitrogens with zero attached hydrogens (tertiary/aromatic N) is 2. The van der Waals surface area contributed by atoms with Gasteiger partial charge >= 0.3 is 0 Å². The lowest BCUT2D eigenvalue weighted by atomic mass is 10.1. The molecule has 1 aliphatic rings. The van der Waals surface area contributed by atoms with Gasteiger partial charge in [0.2, 0.25) is 0 Å². The maximum Gasteiger partial charge on any atom is 0.273 e. The monoisotopic (exact) mass is 423 g/mol. The normalized spacial score (nSPS) is 14.1. The van der Waals surface area contributed by atoms with Gasteiger partial charge in [0.1, 0.15) is 0 Å². The Balaban J connectivity index is 2.01.